The maximum atomic E-state index is 12.2. The Morgan fingerprint density at radius 3 is 2.50 bits per heavy atom. The monoisotopic (exact) mass is 317 g/mol. The Labute approximate surface area is 125 Å². The highest BCUT2D eigenvalue weighted by Crippen LogP contribution is 2.11. The van der Waals surface area contributed by atoms with Crippen LogP contribution in [0.15, 0.2) is 24.3 Å². The van der Waals surface area contributed by atoms with E-state index in [9.17, 15) is 8.42 Å². The maximum absolute atomic E-state index is 12.2. The molecule has 1 aromatic carbocycles. The van der Waals surface area contributed by atoms with Crippen LogP contribution in [-0.4, -0.2) is 44.9 Å². The molecule has 112 valence electrons. The number of nitrogens with one attached hydrogen (secondary N) is 2. The van der Waals surface area contributed by atoms with Crippen molar-refractivity contribution >= 4 is 21.8 Å². The summed E-state index contributed by atoms with van der Waals surface area (Å²) in [4.78, 5) is 0. The first kappa shape index (κ1) is 15.7. The zero-order valence-electron chi connectivity index (χ0n) is 11.5. The predicted octanol–water partition coefficient (Wildman–Crippen LogP) is 1.01. The summed E-state index contributed by atoms with van der Waals surface area (Å²) in [5.41, 5.74) is 1.06. The van der Waals surface area contributed by atoms with Gasteiger partial charge in [0.15, 0.2) is 0 Å². The average molecular weight is 318 g/mol. The maximum Gasteiger partial charge on any atom is 0.279 e. The Morgan fingerprint density at radius 2 is 1.90 bits per heavy atom. The number of piperazine rings is 1. The topological polar surface area (TPSA) is 61.4 Å². The molecule has 0 spiro atoms. The van der Waals surface area contributed by atoms with Gasteiger partial charge >= 0.3 is 0 Å². The van der Waals surface area contributed by atoms with Crippen molar-refractivity contribution in [3.63, 3.8) is 0 Å². The lowest BCUT2D eigenvalue weighted by atomic mass is 10.1. The molecule has 1 fully saturated rings. The third-order valence-electron chi connectivity index (χ3n) is 3.22. The second-order valence-corrected chi connectivity index (χ2v) is 7.14. The van der Waals surface area contributed by atoms with Crippen molar-refractivity contribution in [2.75, 3.05) is 26.2 Å². The van der Waals surface area contributed by atoms with E-state index in [0.29, 0.717) is 37.6 Å². The number of nitrogens with zero attached hydrogens (tertiary/aromatic N) is 1. The van der Waals surface area contributed by atoms with E-state index < -0.39 is 10.2 Å². The molecular weight excluding hydrogens is 298 g/mol. The molecule has 1 aliphatic heterocycles. The molecule has 0 aromatic heterocycles. The zero-order valence-corrected chi connectivity index (χ0v) is 13.0. The van der Waals surface area contributed by atoms with Gasteiger partial charge in [-0.2, -0.15) is 17.4 Å². The van der Waals surface area contributed by atoms with E-state index in [1.165, 1.54) is 4.31 Å². The molecule has 0 saturated carbocycles. The summed E-state index contributed by atoms with van der Waals surface area (Å²) >= 11 is 5.83. The quantitative estimate of drug-likeness (QED) is 0.852. The van der Waals surface area contributed by atoms with Gasteiger partial charge in [-0.25, -0.2) is 0 Å². The van der Waals surface area contributed by atoms with Crippen LogP contribution >= 0.6 is 11.6 Å². The second kappa shape index (κ2) is 6.87. The Bertz CT molecular complexity index is 527. The molecule has 0 radical (unpaired) electrons. The number of hydrogen-bond acceptors (Lipinski definition) is 3. The van der Waals surface area contributed by atoms with Gasteiger partial charge in [0.25, 0.3) is 10.2 Å². The predicted molar refractivity (Wildman–Crippen MR) is 81.1 cm³/mol. The fraction of sp³-hybridized carbons (Fsp3) is 0.538. The van der Waals surface area contributed by atoms with Crippen molar-refractivity contribution < 1.29 is 8.42 Å². The van der Waals surface area contributed by atoms with Crippen LogP contribution < -0.4 is 10.0 Å². The zero-order chi connectivity index (χ0) is 14.6. The van der Waals surface area contributed by atoms with Crippen molar-refractivity contribution in [2.24, 2.45) is 0 Å². The summed E-state index contributed by atoms with van der Waals surface area (Å²) < 4.78 is 28.6. The number of hydrogen-bond donors (Lipinski definition) is 2. The average Bonchev–Trinajstić information content (AvgIpc) is 2.42. The number of rotatable bonds is 5. The van der Waals surface area contributed by atoms with E-state index in [-0.39, 0.29) is 6.04 Å². The minimum atomic E-state index is -3.39. The molecular formula is C13H20ClN3O2S. The molecule has 2 rings (SSSR count). The lowest BCUT2D eigenvalue weighted by Gasteiger charge is -2.28. The molecule has 7 heteroatoms. The van der Waals surface area contributed by atoms with E-state index in [2.05, 4.69) is 10.0 Å². The Hall–Kier alpha value is -0.660. The normalized spacial score (nSPS) is 18.9. The SMILES string of the molecule is CC(Cc1ccc(Cl)cc1)NS(=O)(=O)N1CCNCC1. The van der Waals surface area contributed by atoms with Crippen molar-refractivity contribution in [2.45, 2.75) is 19.4 Å². The van der Waals surface area contributed by atoms with E-state index >= 15 is 0 Å². The van der Waals surface area contributed by atoms with Gasteiger partial charge < -0.3 is 5.32 Å². The highest BCUT2D eigenvalue weighted by Gasteiger charge is 2.25. The summed E-state index contributed by atoms with van der Waals surface area (Å²) in [6, 6.07) is 7.30. The van der Waals surface area contributed by atoms with Gasteiger partial charge in [-0.1, -0.05) is 23.7 Å². The van der Waals surface area contributed by atoms with Gasteiger partial charge in [0, 0.05) is 37.2 Å². The first-order valence-corrected chi connectivity index (χ1v) is 8.52. The summed E-state index contributed by atoms with van der Waals surface area (Å²) in [5.74, 6) is 0. The first-order chi connectivity index (χ1) is 9.47. The molecule has 1 heterocycles. The largest absolute Gasteiger partial charge is 0.314 e. The molecule has 1 saturated heterocycles. The van der Waals surface area contributed by atoms with E-state index in [1.54, 1.807) is 0 Å². The third-order valence-corrected chi connectivity index (χ3v) is 5.22. The van der Waals surface area contributed by atoms with Crippen molar-refractivity contribution in [3.8, 4) is 0 Å². The molecule has 2 N–H and O–H groups in total. The van der Waals surface area contributed by atoms with Crippen LogP contribution in [0.2, 0.25) is 5.02 Å². The van der Waals surface area contributed by atoms with Crippen LogP contribution in [-0.2, 0) is 16.6 Å². The van der Waals surface area contributed by atoms with Crippen LogP contribution in [0, 0.1) is 0 Å². The smallest absolute Gasteiger partial charge is 0.279 e. The highest BCUT2D eigenvalue weighted by molar-refractivity contribution is 7.87. The molecule has 1 aliphatic rings. The number of benzene rings is 1. The van der Waals surface area contributed by atoms with Crippen LogP contribution in [0.5, 0.6) is 0 Å². The van der Waals surface area contributed by atoms with Gasteiger partial charge in [0.2, 0.25) is 0 Å². The summed E-state index contributed by atoms with van der Waals surface area (Å²) in [6.45, 7) is 4.30. The van der Waals surface area contributed by atoms with E-state index in [1.807, 2.05) is 31.2 Å². The second-order valence-electron chi connectivity index (χ2n) is 5.00. The van der Waals surface area contributed by atoms with Gasteiger partial charge in [-0.15, -0.1) is 0 Å². The molecule has 20 heavy (non-hydrogen) atoms. The van der Waals surface area contributed by atoms with Crippen LogP contribution in [0.4, 0.5) is 0 Å². The fourth-order valence-electron chi connectivity index (χ4n) is 2.23. The third kappa shape index (κ3) is 4.43. The molecule has 0 aliphatic carbocycles. The lowest BCUT2D eigenvalue weighted by Crippen LogP contribution is -2.52. The molecule has 1 atom stereocenters. The first-order valence-electron chi connectivity index (χ1n) is 6.70. The van der Waals surface area contributed by atoms with E-state index in [0.717, 1.165) is 5.56 Å². The van der Waals surface area contributed by atoms with Gasteiger partial charge in [-0.3, -0.25) is 0 Å². The Balaban J connectivity index is 1.92. The van der Waals surface area contributed by atoms with Crippen LogP contribution in [0.25, 0.3) is 0 Å². The summed E-state index contributed by atoms with van der Waals surface area (Å²) in [6.07, 6.45) is 0.641. The Morgan fingerprint density at radius 1 is 1.30 bits per heavy atom. The van der Waals surface area contributed by atoms with Crippen molar-refractivity contribution in [1.29, 1.82) is 0 Å². The molecule has 0 amide bonds. The minimum absolute atomic E-state index is 0.156. The summed E-state index contributed by atoms with van der Waals surface area (Å²) in [5, 5.41) is 3.82. The molecule has 5 nitrogen and oxygen atoms in total. The Kier molecular flexibility index (Phi) is 5.40. The highest BCUT2D eigenvalue weighted by atomic mass is 35.5. The number of halogens is 1. The van der Waals surface area contributed by atoms with Gasteiger partial charge in [-0.05, 0) is 31.0 Å². The minimum Gasteiger partial charge on any atom is -0.314 e. The fourth-order valence-corrected chi connectivity index (χ4v) is 3.76. The van der Waals surface area contributed by atoms with Crippen LogP contribution in [0.3, 0.4) is 0 Å². The van der Waals surface area contributed by atoms with Crippen molar-refractivity contribution in [3.05, 3.63) is 34.9 Å². The molecule has 1 unspecified atom stereocenters. The van der Waals surface area contributed by atoms with Gasteiger partial charge in [0.1, 0.15) is 0 Å². The van der Waals surface area contributed by atoms with Crippen molar-refractivity contribution in [1.82, 2.24) is 14.3 Å². The van der Waals surface area contributed by atoms with Gasteiger partial charge in [0.05, 0.1) is 0 Å². The lowest BCUT2D eigenvalue weighted by molar-refractivity contribution is 0.352. The standard InChI is InChI=1S/C13H20ClN3O2S/c1-11(10-12-2-4-13(14)5-3-12)16-20(18,19)17-8-6-15-7-9-17/h2-5,11,15-16H,6-10H2,1H3. The van der Waals surface area contributed by atoms with E-state index in [4.69, 9.17) is 11.6 Å². The molecule has 1 aromatic rings. The van der Waals surface area contributed by atoms with Crippen LogP contribution in [0.1, 0.15) is 12.5 Å². The molecule has 0 bridgehead atoms. The summed E-state index contributed by atoms with van der Waals surface area (Å²) in [7, 11) is -3.39.